The van der Waals surface area contributed by atoms with Crippen molar-refractivity contribution in [2.24, 2.45) is 4.99 Å². The second kappa shape index (κ2) is 6.77. The average molecular weight is 330 g/mol. The van der Waals surface area contributed by atoms with Crippen LogP contribution in [0, 0.1) is 6.92 Å². The van der Waals surface area contributed by atoms with Crippen molar-refractivity contribution < 1.29 is 9.52 Å². The number of aliphatic imine (C=N–C) groups is 1. The molecule has 0 aliphatic heterocycles. The fraction of sp³-hybridized carbons (Fsp3) is 0.462. The molecule has 1 heterocycles. The first-order chi connectivity index (χ1) is 8.85. The van der Waals surface area contributed by atoms with Crippen LogP contribution in [0.4, 0.5) is 0 Å². The molecule has 6 heteroatoms. The van der Waals surface area contributed by atoms with Crippen LogP contribution in [0.1, 0.15) is 18.4 Å². The van der Waals surface area contributed by atoms with E-state index in [1.165, 1.54) is 0 Å². The Morgan fingerprint density at radius 3 is 2.68 bits per heavy atom. The Labute approximate surface area is 121 Å². The van der Waals surface area contributed by atoms with Crippen LogP contribution in [-0.4, -0.2) is 31.2 Å². The third-order valence-electron chi connectivity index (χ3n) is 2.54. The summed E-state index contributed by atoms with van der Waals surface area (Å²) in [4.78, 5) is 4.05. The summed E-state index contributed by atoms with van der Waals surface area (Å²) in [6, 6.07) is 3.60. The number of hydrogen-bond acceptors (Lipinski definition) is 3. The van der Waals surface area contributed by atoms with Crippen LogP contribution in [0.15, 0.2) is 32.6 Å². The molecule has 1 aromatic heterocycles. The summed E-state index contributed by atoms with van der Waals surface area (Å²) >= 11 is 3.26. The molecule has 0 saturated heterocycles. The van der Waals surface area contributed by atoms with Crippen molar-refractivity contribution >= 4 is 21.9 Å². The van der Waals surface area contributed by atoms with Gasteiger partial charge in [0, 0.05) is 18.1 Å². The Hall–Kier alpha value is -1.27. The van der Waals surface area contributed by atoms with E-state index in [1.54, 1.807) is 20.0 Å². The molecular weight excluding hydrogens is 310 g/mol. The van der Waals surface area contributed by atoms with Crippen molar-refractivity contribution in [2.75, 3.05) is 20.1 Å². The maximum absolute atomic E-state index is 10.4. The molecule has 0 saturated carbocycles. The molecule has 0 radical (unpaired) electrons. The number of aryl methyl sites for hydroxylation is 1. The van der Waals surface area contributed by atoms with Crippen LogP contribution >= 0.6 is 15.9 Å². The van der Waals surface area contributed by atoms with Gasteiger partial charge in [0.25, 0.3) is 0 Å². The number of aliphatic hydroxyl groups is 1. The highest BCUT2D eigenvalue weighted by Gasteiger charge is 2.26. The summed E-state index contributed by atoms with van der Waals surface area (Å²) in [7, 11) is 1.66. The number of furan rings is 1. The minimum Gasteiger partial charge on any atom is -0.463 e. The van der Waals surface area contributed by atoms with E-state index < -0.39 is 5.60 Å². The second-order valence-electron chi connectivity index (χ2n) is 4.48. The largest absolute Gasteiger partial charge is 0.463 e. The van der Waals surface area contributed by atoms with Gasteiger partial charge < -0.3 is 20.2 Å². The van der Waals surface area contributed by atoms with Crippen LogP contribution in [0.2, 0.25) is 0 Å². The fourth-order valence-corrected chi connectivity index (χ4v) is 1.61. The molecule has 1 unspecified atom stereocenters. The first-order valence-electron chi connectivity index (χ1n) is 5.92. The van der Waals surface area contributed by atoms with Crippen LogP contribution in [0.5, 0.6) is 0 Å². The summed E-state index contributed by atoms with van der Waals surface area (Å²) in [5.41, 5.74) is -1.10. The Balaban J connectivity index is 2.56. The number of rotatable bonds is 5. The van der Waals surface area contributed by atoms with Crippen molar-refractivity contribution in [1.82, 2.24) is 10.6 Å². The van der Waals surface area contributed by atoms with Crippen molar-refractivity contribution in [2.45, 2.75) is 19.4 Å². The summed E-state index contributed by atoms with van der Waals surface area (Å²) < 4.78 is 6.26. The minimum atomic E-state index is -1.10. The maximum Gasteiger partial charge on any atom is 0.191 e. The SMILES string of the molecule is C=C(Br)CNC(=NC)NCC(C)(O)c1ccc(C)o1. The smallest absolute Gasteiger partial charge is 0.191 e. The Kier molecular flexibility index (Phi) is 5.62. The zero-order valence-electron chi connectivity index (χ0n) is 11.5. The van der Waals surface area contributed by atoms with Gasteiger partial charge in [0.2, 0.25) is 0 Å². The van der Waals surface area contributed by atoms with Gasteiger partial charge in [-0.15, -0.1) is 0 Å². The monoisotopic (exact) mass is 329 g/mol. The third kappa shape index (κ3) is 5.08. The Bertz CT molecular complexity index is 466. The summed E-state index contributed by atoms with van der Waals surface area (Å²) in [6.45, 7) is 8.10. The molecule has 106 valence electrons. The molecule has 5 nitrogen and oxygen atoms in total. The van der Waals surface area contributed by atoms with Crippen LogP contribution in [0.25, 0.3) is 0 Å². The maximum atomic E-state index is 10.4. The van der Waals surface area contributed by atoms with Gasteiger partial charge in [-0.3, -0.25) is 4.99 Å². The molecule has 0 amide bonds. The lowest BCUT2D eigenvalue weighted by molar-refractivity contribution is 0.0378. The van der Waals surface area contributed by atoms with E-state index in [4.69, 9.17) is 4.42 Å². The average Bonchev–Trinajstić information content (AvgIpc) is 2.76. The van der Waals surface area contributed by atoms with Crippen LogP contribution < -0.4 is 10.6 Å². The van der Waals surface area contributed by atoms with Crippen molar-refractivity contribution in [3.05, 3.63) is 34.7 Å². The van der Waals surface area contributed by atoms with Crippen molar-refractivity contribution in [3.63, 3.8) is 0 Å². The normalized spacial score (nSPS) is 14.9. The highest BCUT2D eigenvalue weighted by atomic mass is 79.9. The zero-order chi connectivity index (χ0) is 14.5. The number of halogens is 1. The zero-order valence-corrected chi connectivity index (χ0v) is 13.0. The molecule has 1 atom stereocenters. The van der Waals surface area contributed by atoms with Crippen LogP contribution in [-0.2, 0) is 5.60 Å². The van der Waals surface area contributed by atoms with Gasteiger partial charge in [-0.2, -0.15) is 0 Å². The fourth-order valence-electron chi connectivity index (χ4n) is 1.47. The van der Waals surface area contributed by atoms with Gasteiger partial charge in [0.15, 0.2) is 5.96 Å². The molecule has 0 aliphatic carbocycles. The molecule has 0 spiro atoms. The summed E-state index contributed by atoms with van der Waals surface area (Å²) in [5, 5.41) is 16.4. The number of nitrogens with one attached hydrogen (secondary N) is 2. The molecule has 19 heavy (non-hydrogen) atoms. The van der Waals surface area contributed by atoms with Gasteiger partial charge in [-0.1, -0.05) is 22.5 Å². The van der Waals surface area contributed by atoms with E-state index >= 15 is 0 Å². The van der Waals surface area contributed by atoms with E-state index in [1.807, 2.05) is 13.0 Å². The highest BCUT2D eigenvalue weighted by molar-refractivity contribution is 9.11. The summed E-state index contributed by atoms with van der Waals surface area (Å²) in [5.74, 6) is 1.88. The molecule has 3 N–H and O–H groups in total. The van der Waals surface area contributed by atoms with E-state index in [0.717, 1.165) is 10.2 Å². The molecule has 1 rings (SSSR count). The predicted octanol–water partition coefficient (Wildman–Crippen LogP) is 1.87. The van der Waals surface area contributed by atoms with E-state index in [-0.39, 0.29) is 6.54 Å². The molecule has 0 bridgehead atoms. The molecular formula is C13H20BrN3O2. The lowest BCUT2D eigenvalue weighted by atomic mass is 10.0. The van der Waals surface area contributed by atoms with Gasteiger partial charge in [-0.25, -0.2) is 0 Å². The van der Waals surface area contributed by atoms with E-state index in [0.29, 0.717) is 18.3 Å². The van der Waals surface area contributed by atoms with Crippen molar-refractivity contribution in [3.8, 4) is 0 Å². The minimum absolute atomic E-state index is 0.286. The Morgan fingerprint density at radius 1 is 1.53 bits per heavy atom. The number of guanidine groups is 1. The van der Waals surface area contributed by atoms with Gasteiger partial charge in [0.1, 0.15) is 17.1 Å². The molecule has 1 aromatic rings. The topological polar surface area (TPSA) is 69.8 Å². The molecule has 0 aliphatic rings. The van der Waals surface area contributed by atoms with Gasteiger partial charge in [0.05, 0.1) is 6.54 Å². The summed E-state index contributed by atoms with van der Waals surface area (Å²) in [6.07, 6.45) is 0. The van der Waals surface area contributed by atoms with Gasteiger partial charge >= 0.3 is 0 Å². The molecule has 0 fully saturated rings. The predicted molar refractivity (Wildman–Crippen MR) is 80.4 cm³/mol. The Morgan fingerprint density at radius 2 is 2.21 bits per heavy atom. The van der Waals surface area contributed by atoms with E-state index in [9.17, 15) is 5.11 Å². The lowest BCUT2D eigenvalue weighted by Crippen LogP contribution is -2.44. The highest BCUT2D eigenvalue weighted by Crippen LogP contribution is 2.21. The van der Waals surface area contributed by atoms with Crippen molar-refractivity contribution in [1.29, 1.82) is 0 Å². The standard InChI is InChI=1S/C13H20BrN3O2/c1-9(14)7-16-12(15-4)17-8-13(3,18)11-6-5-10(2)19-11/h5-6,18H,1,7-8H2,2-4H3,(H2,15,16,17). The van der Waals surface area contributed by atoms with Gasteiger partial charge in [-0.05, 0) is 26.0 Å². The first-order valence-corrected chi connectivity index (χ1v) is 6.71. The van der Waals surface area contributed by atoms with E-state index in [2.05, 4.69) is 38.1 Å². The number of hydrogen-bond donors (Lipinski definition) is 3. The first kappa shape index (κ1) is 15.8. The number of nitrogens with zero attached hydrogens (tertiary/aromatic N) is 1. The third-order valence-corrected chi connectivity index (χ3v) is 2.82. The molecule has 0 aromatic carbocycles. The quantitative estimate of drug-likeness (QED) is 0.569. The van der Waals surface area contributed by atoms with Crippen LogP contribution in [0.3, 0.4) is 0 Å². The second-order valence-corrected chi connectivity index (χ2v) is 5.60. The lowest BCUT2D eigenvalue weighted by Gasteiger charge is -2.22.